The summed E-state index contributed by atoms with van der Waals surface area (Å²) >= 11 is 6.02. The molecule has 1 aliphatic heterocycles. The molecule has 1 aliphatic rings. The lowest BCUT2D eigenvalue weighted by Crippen LogP contribution is -2.36. The van der Waals surface area contributed by atoms with Crippen molar-refractivity contribution in [1.82, 2.24) is 0 Å². The van der Waals surface area contributed by atoms with E-state index in [0.29, 0.717) is 40.9 Å². The van der Waals surface area contributed by atoms with Gasteiger partial charge in [0, 0.05) is 18.7 Å². The van der Waals surface area contributed by atoms with Crippen LogP contribution < -0.4 is 15.0 Å². The lowest BCUT2D eigenvalue weighted by Gasteiger charge is -2.29. The Morgan fingerprint density at radius 3 is 2.74 bits per heavy atom. The fourth-order valence-corrected chi connectivity index (χ4v) is 2.69. The van der Waals surface area contributed by atoms with Crippen LogP contribution in [0.3, 0.4) is 0 Å². The molecule has 5 nitrogen and oxygen atoms in total. The van der Waals surface area contributed by atoms with Crippen LogP contribution in [0, 0.1) is 0 Å². The number of anilines is 2. The second-order valence-corrected chi connectivity index (χ2v) is 5.54. The van der Waals surface area contributed by atoms with Crippen molar-refractivity contribution in [2.24, 2.45) is 0 Å². The molecule has 0 unspecified atom stereocenters. The summed E-state index contributed by atoms with van der Waals surface area (Å²) in [7, 11) is 0. The van der Waals surface area contributed by atoms with Crippen molar-refractivity contribution in [3.05, 3.63) is 53.1 Å². The van der Waals surface area contributed by atoms with Crippen LogP contribution in [-0.2, 0) is 4.79 Å². The number of hydrogen-bond donors (Lipinski definition) is 1. The highest BCUT2D eigenvalue weighted by molar-refractivity contribution is 6.34. The standard InChI is InChI=1S/C17H15ClN2O3/c1-11(21)20-8-9-23-16-10-12(6-7-15(16)20)19-17(22)13-4-2-3-5-14(13)18/h2-7,10H,8-9H2,1H3,(H,19,22). The first-order valence-corrected chi connectivity index (χ1v) is 7.55. The topological polar surface area (TPSA) is 58.6 Å². The van der Waals surface area contributed by atoms with Crippen molar-refractivity contribution in [3.63, 3.8) is 0 Å². The summed E-state index contributed by atoms with van der Waals surface area (Å²) in [6.07, 6.45) is 0. The Balaban J connectivity index is 1.84. The molecule has 0 aliphatic carbocycles. The summed E-state index contributed by atoms with van der Waals surface area (Å²) < 4.78 is 5.58. The number of rotatable bonds is 2. The van der Waals surface area contributed by atoms with E-state index in [-0.39, 0.29) is 11.8 Å². The second-order valence-electron chi connectivity index (χ2n) is 5.14. The predicted octanol–water partition coefficient (Wildman–Crippen LogP) is 3.34. The monoisotopic (exact) mass is 330 g/mol. The Morgan fingerprint density at radius 1 is 1.22 bits per heavy atom. The molecule has 0 bridgehead atoms. The average Bonchev–Trinajstić information content (AvgIpc) is 2.54. The van der Waals surface area contributed by atoms with Crippen molar-refractivity contribution in [2.75, 3.05) is 23.4 Å². The first kappa shape index (κ1) is 15.4. The van der Waals surface area contributed by atoms with E-state index in [0.717, 1.165) is 0 Å². The van der Waals surface area contributed by atoms with E-state index < -0.39 is 0 Å². The first-order valence-electron chi connectivity index (χ1n) is 7.17. The van der Waals surface area contributed by atoms with Gasteiger partial charge in [-0.15, -0.1) is 0 Å². The molecule has 0 spiro atoms. The summed E-state index contributed by atoms with van der Waals surface area (Å²) in [5.74, 6) is 0.237. The van der Waals surface area contributed by atoms with Crippen LogP contribution in [0.5, 0.6) is 5.75 Å². The third kappa shape index (κ3) is 3.14. The second kappa shape index (κ2) is 6.30. The summed E-state index contributed by atoms with van der Waals surface area (Å²) in [6, 6.07) is 12.0. The van der Waals surface area contributed by atoms with Gasteiger partial charge in [-0.1, -0.05) is 23.7 Å². The van der Waals surface area contributed by atoms with Gasteiger partial charge in [0.15, 0.2) is 0 Å². The zero-order chi connectivity index (χ0) is 16.4. The van der Waals surface area contributed by atoms with Gasteiger partial charge in [0.1, 0.15) is 12.4 Å². The van der Waals surface area contributed by atoms with Crippen LogP contribution >= 0.6 is 11.6 Å². The Labute approximate surface area is 138 Å². The highest BCUT2D eigenvalue weighted by Crippen LogP contribution is 2.34. The molecule has 118 valence electrons. The number of ether oxygens (including phenoxy) is 1. The SMILES string of the molecule is CC(=O)N1CCOc2cc(NC(=O)c3ccccc3Cl)ccc21. The maximum atomic E-state index is 12.3. The fraction of sp³-hybridized carbons (Fsp3) is 0.176. The summed E-state index contributed by atoms with van der Waals surface area (Å²) in [5, 5.41) is 3.18. The molecule has 2 aromatic carbocycles. The molecule has 23 heavy (non-hydrogen) atoms. The minimum absolute atomic E-state index is 0.0394. The Hall–Kier alpha value is -2.53. The van der Waals surface area contributed by atoms with Crippen molar-refractivity contribution in [2.45, 2.75) is 6.92 Å². The number of amides is 2. The zero-order valence-corrected chi connectivity index (χ0v) is 13.3. The molecule has 0 atom stereocenters. The number of fused-ring (bicyclic) bond motifs is 1. The number of hydrogen-bond acceptors (Lipinski definition) is 3. The highest BCUT2D eigenvalue weighted by Gasteiger charge is 2.21. The molecule has 0 aromatic heterocycles. The van der Waals surface area contributed by atoms with E-state index in [1.807, 2.05) is 0 Å². The van der Waals surface area contributed by atoms with Crippen LogP contribution in [0.15, 0.2) is 42.5 Å². The molecule has 3 rings (SSSR count). The predicted molar refractivity (Wildman–Crippen MR) is 89.4 cm³/mol. The molecule has 0 saturated heterocycles. The number of carbonyl (C=O) groups is 2. The van der Waals surface area contributed by atoms with E-state index in [9.17, 15) is 9.59 Å². The van der Waals surface area contributed by atoms with Gasteiger partial charge >= 0.3 is 0 Å². The van der Waals surface area contributed by atoms with Gasteiger partial charge in [-0.05, 0) is 24.3 Å². The summed E-state index contributed by atoms with van der Waals surface area (Å²) in [6.45, 7) is 2.46. The minimum Gasteiger partial charge on any atom is -0.489 e. The van der Waals surface area contributed by atoms with Crippen molar-refractivity contribution in [3.8, 4) is 5.75 Å². The van der Waals surface area contributed by atoms with Gasteiger partial charge in [-0.2, -0.15) is 0 Å². The van der Waals surface area contributed by atoms with Crippen LogP contribution in [0.2, 0.25) is 5.02 Å². The van der Waals surface area contributed by atoms with Gasteiger partial charge in [-0.3, -0.25) is 9.59 Å². The Bertz CT molecular complexity index is 776. The summed E-state index contributed by atoms with van der Waals surface area (Å²) in [5.41, 5.74) is 1.69. The minimum atomic E-state index is -0.296. The van der Waals surface area contributed by atoms with Gasteiger partial charge in [0.05, 0.1) is 22.8 Å². The van der Waals surface area contributed by atoms with Crippen molar-refractivity contribution < 1.29 is 14.3 Å². The van der Waals surface area contributed by atoms with Crippen LogP contribution in [-0.4, -0.2) is 25.0 Å². The molecule has 0 fully saturated rings. The van der Waals surface area contributed by atoms with E-state index in [4.69, 9.17) is 16.3 Å². The van der Waals surface area contributed by atoms with Crippen LogP contribution in [0.1, 0.15) is 17.3 Å². The van der Waals surface area contributed by atoms with Crippen LogP contribution in [0.4, 0.5) is 11.4 Å². The molecular formula is C17H15ClN2O3. The van der Waals surface area contributed by atoms with Gasteiger partial charge in [-0.25, -0.2) is 0 Å². The van der Waals surface area contributed by atoms with Crippen molar-refractivity contribution in [1.29, 1.82) is 0 Å². The quantitative estimate of drug-likeness (QED) is 0.918. The van der Waals surface area contributed by atoms with E-state index in [2.05, 4.69) is 5.32 Å². The number of carbonyl (C=O) groups excluding carboxylic acids is 2. The largest absolute Gasteiger partial charge is 0.489 e. The van der Waals surface area contributed by atoms with Crippen LogP contribution in [0.25, 0.3) is 0 Å². The lowest BCUT2D eigenvalue weighted by atomic mass is 10.2. The van der Waals surface area contributed by atoms with E-state index >= 15 is 0 Å². The maximum absolute atomic E-state index is 12.3. The number of benzene rings is 2. The molecule has 6 heteroatoms. The van der Waals surface area contributed by atoms with Crippen molar-refractivity contribution >= 4 is 34.8 Å². The molecular weight excluding hydrogens is 316 g/mol. The Morgan fingerprint density at radius 2 is 2.00 bits per heavy atom. The molecule has 0 saturated carbocycles. The Kier molecular flexibility index (Phi) is 4.21. The molecule has 2 aromatic rings. The smallest absolute Gasteiger partial charge is 0.257 e. The zero-order valence-electron chi connectivity index (χ0n) is 12.5. The number of nitrogens with zero attached hydrogens (tertiary/aromatic N) is 1. The third-order valence-corrected chi connectivity index (χ3v) is 3.91. The van der Waals surface area contributed by atoms with E-state index in [1.54, 1.807) is 47.4 Å². The molecule has 0 radical (unpaired) electrons. The number of nitrogens with one attached hydrogen (secondary N) is 1. The fourth-order valence-electron chi connectivity index (χ4n) is 2.47. The normalized spacial score (nSPS) is 13.0. The molecule has 1 N–H and O–H groups in total. The molecule has 1 heterocycles. The van der Waals surface area contributed by atoms with Gasteiger partial charge in [0.25, 0.3) is 5.91 Å². The van der Waals surface area contributed by atoms with Gasteiger partial charge < -0.3 is 15.0 Å². The lowest BCUT2D eigenvalue weighted by molar-refractivity contribution is -0.116. The summed E-state index contributed by atoms with van der Waals surface area (Å²) in [4.78, 5) is 25.6. The number of halogens is 1. The van der Waals surface area contributed by atoms with Gasteiger partial charge in [0.2, 0.25) is 5.91 Å². The highest BCUT2D eigenvalue weighted by atomic mass is 35.5. The average molecular weight is 331 g/mol. The van der Waals surface area contributed by atoms with E-state index in [1.165, 1.54) is 6.92 Å². The first-order chi connectivity index (χ1) is 11.1. The third-order valence-electron chi connectivity index (χ3n) is 3.58. The molecule has 2 amide bonds. The maximum Gasteiger partial charge on any atom is 0.257 e.